The molecule has 4 rings (SSSR count). The lowest BCUT2D eigenvalue weighted by atomic mass is 10.2. The van der Waals surface area contributed by atoms with E-state index in [2.05, 4.69) is 25.3 Å². The highest BCUT2D eigenvalue weighted by Crippen LogP contribution is 2.19. The summed E-state index contributed by atoms with van der Waals surface area (Å²) in [6, 6.07) is 7.61. The van der Waals surface area contributed by atoms with Gasteiger partial charge < -0.3 is 10.3 Å². The van der Waals surface area contributed by atoms with E-state index in [0.717, 1.165) is 23.4 Å². The Morgan fingerprint density at radius 1 is 1.03 bits per heavy atom. The Bertz CT molecular complexity index is 1290. The molecule has 31 heavy (non-hydrogen) atoms. The van der Waals surface area contributed by atoms with Gasteiger partial charge in [-0.2, -0.15) is 0 Å². The van der Waals surface area contributed by atoms with Gasteiger partial charge in [0.2, 0.25) is 0 Å². The number of fused-ring (bicyclic) bond motifs is 1. The van der Waals surface area contributed by atoms with E-state index in [0.29, 0.717) is 43.0 Å². The van der Waals surface area contributed by atoms with Crippen molar-refractivity contribution in [2.24, 2.45) is 0 Å². The Morgan fingerprint density at radius 2 is 1.84 bits per heavy atom. The second-order valence-electron chi connectivity index (χ2n) is 7.32. The minimum atomic E-state index is -0.337. The summed E-state index contributed by atoms with van der Waals surface area (Å²) in [5, 5.41) is 3.25. The third-order valence-electron chi connectivity index (χ3n) is 4.99. The van der Waals surface area contributed by atoms with Crippen molar-refractivity contribution in [2.75, 3.05) is 5.32 Å². The first-order chi connectivity index (χ1) is 15.1. The lowest BCUT2D eigenvalue weighted by molar-refractivity contribution is 0.555. The normalized spacial score (nSPS) is 11.2. The molecule has 4 heterocycles. The molecule has 0 saturated heterocycles. The molecule has 4 aromatic heterocycles. The summed E-state index contributed by atoms with van der Waals surface area (Å²) in [6.07, 6.45) is 6.69. The number of pyridine rings is 2. The molecular formula is C22H25N7O2. The largest absolute Gasteiger partial charge is 0.366 e. The molecule has 0 spiro atoms. The van der Waals surface area contributed by atoms with Gasteiger partial charge >= 0.3 is 5.69 Å². The summed E-state index contributed by atoms with van der Waals surface area (Å²) in [5.41, 5.74) is 1.87. The average Bonchev–Trinajstić information content (AvgIpc) is 3.25. The van der Waals surface area contributed by atoms with Gasteiger partial charge in [-0.3, -0.25) is 18.9 Å². The number of nitrogens with zero attached hydrogens (tertiary/aromatic N) is 5. The van der Waals surface area contributed by atoms with Gasteiger partial charge in [0.05, 0.1) is 0 Å². The number of rotatable bonds is 8. The monoisotopic (exact) mass is 419 g/mol. The van der Waals surface area contributed by atoms with Crippen molar-refractivity contribution >= 4 is 17.0 Å². The van der Waals surface area contributed by atoms with Gasteiger partial charge in [-0.15, -0.1) is 0 Å². The van der Waals surface area contributed by atoms with E-state index >= 15 is 0 Å². The molecule has 0 radical (unpaired) electrons. The molecule has 9 nitrogen and oxygen atoms in total. The summed E-state index contributed by atoms with van der Waals surface area (Å²) in [5.74, 6) is 1.23. The van der Waals surface area contributed by atoms with Gasteiger partial charge in [0.15, 0.2) is 5.65 Å². The highest BCUT2D eigenvalue weighted by Gasteiger charge is 2.17. The van der Waals surface area contributed by atoms with Crippen LogP contribution >= 0.6 is 0 Å². The van der Waals surface area contributed by atoms with Crippen molar-refractivity contribution < 1.29 is 0 Å². The quantitative estimate of drug-likeness (QED) is 0.454. The van der Waals surface area contributed by atoms with Crippen LogP contribution < -0.4 is 16.6 Å². The summed E-state index contributed by atoms with van der Waals surface area (Å²) in [7, 11) is 0. The third-order valence-corrected chi connectivity index (χ3v) is 4.99. The Labute approximate surface area is 178 Å². The van der Waals surface area contributed by atoms with Crippen LogP contribution in [0.15, 0.2) is 52.4 Å². The number of hydrogen-bond donors (Lipinski definition) is 2. The van der Waals surface area contributed by atoms with Gasteiger partial charge in [-0.05, 0) is 36.6 Å². The van der Waals surface area contributed by atoms with Gasteiger partial charge in [0, 0.05) is 43.8 Å². The van der Waals surface area contributed by atoms with Gasteiger partial charge in [0.1, 0.15) is 17.2 Å². The zero-order chi connectivity index (χ0) is 21.8. The Hall–Kier alpha value is -3.75. The Balaban J connectivity index is 1.66. The first kappa shape index (κ1) is 20.5. The van der Waals surface area contributed by atoms with Crippen molar-refractivity contribution in [2.45, 2.75) is 46.3 Å². The zero-order valence-corrected chi connectivity index (χ0v) is 17.6. The SMILES string of the molecule is CCCn1c(=O)c2[nH]c(-c3ccc(NCc4cccnc4)nc3)nc2n(CCC)c1=O. The van der Waals surface area contributed by atoms with Crippen LogP contribution in [0.2, 0.25) is 0 Å². The smallest absolute Gasteiger partial charge is 0.332 e. The average molecular weight is 419 g/mol. The van der Waals surface area contributed by atoms with E-state index < -0.39 is 0 Å². The predicted molar refractivity (Wildman–Crippen MR) is 120 cm³/mol. The van der Waals surface area contributed by atoms with E-state index in [4.69, 9.17) is 0 Å². The molecule has 2 N–H and O–H groups in total. The van der Waals surface area contributed by atoms with E-state index in [1.807, 2.05) is 38.1 Å². The van der Waals surface area contributed by atoms with E-state index in [1.54, 1.807) is 23.2 Å². The van der Waals surface area contributed by atoms with Gasteiger partial charge in [0.25, 0.3) is 5.56 Å². The number of hydrogen-bond acceptors (Lipinski definition) is 6. The van der Waals surface area contributed by atoms with Crippen LogP contribution in [0.1, 0.15) is 32.3 Å². The fraction of sp³-hybridized carbons (Fsp3) is 0.318. The molecule has 0 aliphatic carbocycles. The number of aryl methyl sites for hydroxylation is 1. The summed E-state index contributed by atoms with van der Waals surface area (Å²) in [4.78, 5) is 41.9. The van der Waals surface area contributed by atoms with Crippen LogP contribution in [-0.2, 0) is 19.6 Å². The molecule has 9 heteroatoms. The second kappa shape index (κ2) is 8.95. The summed E-state index contributed by atoms with van der Waals surface area (Å²) < 4.78 is 2.85. The summed E-state index contributed by atoms with van der Waals surface area (Å²) in [6.45, 7) is 5.42. The first-order valence-corrected chi connectivity index (χ1v) is 10.4. The van der Waals surface area contributed by atoms with Crippen molar-refractivity contribution in [1.29, 1.82) is 0 Å². The molecule has 0 saturated carbocycles. The Kier molecular flexibility index (Phi) is 5.92. The number of aromatic amines is 1. The van der Waals surface area contributed by atoms with Gasteiger partial charge in [-0.1, -0.05) is 19.9 Å². The maximum Gasteiger partial charge on any atom is 0.332 e. The molecule has 4 aromatic rings. The van der Waals surface area contributed by atoms with Gasteiger partial charge in [-0.25, -0.2) is 14.8 Å². The molecule has 0 bridgehead atoms. The van der Waals surface area contributed by atoms with Crippen LogP contribution in [0.25, 0.3) is 22.6 Å². The van der Waals surface area contributed by atoms with Crippen molar-refractivity contribution in [1.82, 2.24) is 29.1 Å². The van der Waals surface area contributed by atoms with Crippen LogP contribution in [0.4, 0.5) is 5.82 Å². The fourth-order valence-electron chi connectivity index (χ4n) is 3.48. The highest BCUT2D eigenvalue weighted by atomic mass is 16.2. The minimum Gasteiger partial charge on any atom is -0.366 e. The van der Waals surface area contributed by atoms with Crippen LogP contribution in [-0.4, -0.2) is 29.1 Å². The number of aromatic nitrogens is 6. The van der Waals surface area contributed by atoms with E-state index in [1.165, 1.54) is 4.57 Å². The van der Waals surface area contributed by atoms with Crippen molar-refractivity contribution in [3.63, 3.8) is 0 Å². The molecular weight excluding hydrogens is 394 g/mol. The third kappa shape index (κ3) is 4.11. The molecule has 0 aromatic carbocycles. The maximum atomic E-state index is 12.9. The topological polar surface area (TPSA) is 110 Å². The molecule has 160 valence electrons. The number of imidazole rings is 1. The predicted octanol–water partition coefficient (Wildman–Crippen LogP) is 2.78. The lowest BCUT2D eigenvalue weighted by Crippen LogP contribution is -2.40. The molecule has 0 aliphatic rings. The highest BCUT2D eigenvalue weighted by molar-refractivity contribution is 5.75. The standard InChI is InChI=1S/C22H25N7O2/c1-3-10-28-20-18(21(30)29(11-4-2)22(28)31)26-19(27-20)16-7-8-17(25-14-16)24-13-15-6-5-9-23-12-15/h5-9,12,14H,3-4,10-11,13H2,1-2H3,(H,24,25)(H,26,27). The fourth-order valence-corrected chi connectivity index (χ4v) is 3.48. The molecule has 0 fully saturated rings. The van der Waals surface area contributed by atoms with Crippen molar-refractivity contribution in [3.8, 4) is 11.4 Å². The molecule has 0 unspecified atom stereocenters. The zero-order valence-electron chi connectivity index (χ0n) is 17.6. The summed E-state index contributed by atoms with van der Waals surface area (Å²) >= 11 is 0. The van der Waals surface area contributed by atoms with E-state index in [-0.39, 0.29) is 11.2 Å². The maximum absolute atomic E-state index is 12.9. The van der Waals surface area contributed by atoms with Crippen LogP contribution in [0.3, 0.4) is 0 Å². The molecule has 0 amide bonds. The number of anilines is 1. The van der Waals surface area contributed by atoms with Crippen LogP contribution in [0.5, 0.6) is 0 Å². The number of nitrogens with one attached hydrogen (secondary N) is 2. The Morgan fingerprint density at radius 3 is 2.52 bits per heavy atom. The second-order valence-corrected chi connectivity index (χ2v) is 7.32. The minimum absolute atomic E-state index is 0.313. The number of H-pyrrole nitrogens is 1. The van der Waals surface area contributed by atoms with Crippen LogP contribution in [0, 0.1) is 0 Å². The molecule has 0 atom stereocenters. The van der Waals surface area contributed by atoms with E-state index in [9.17, 15) is 9.59 Å². The van der Waals surface area contributed by atoms with Crippen molar-refractivity contribution in [3.05, 3.63) is 69.3 Å². The lowest BCUT2D eigenvalue weighted by Gasteiger charge is -2.09. The molecule has 0 aliphatic heterocycles. The first-order valence-electron chi connectivity index (χ1n) is 10.4.